The number of hydrogen-bond acceptors (Lipinski definition) is 16. The zero-order valence-electron chi connectivity index (χ0n) is 42.9. The summed E-state index contributed by atoms with van der Waals surface area (Å²) in [4.78, 5) is 15.7. The van der Waals surface area contributed by atoms with Crippen molar-refractivity contribution in [3.63, 3.8) is 0 Å². The van der Waals surface area contributed by atoms with Crippen LogP contribution in [-0.4, -0.2) is 107 Å². The Kier molecular flexibility index (Phi) is 15.5. The molecule has 4 aromatic heterocycles. The second kappa shape index (κ2) is 21.0. The standard InChI is InChI=1S/C24H28F5N9.C13H20ClFN4.C11H9F4N5/c1-22(2)8-12(9-23(3,4)35-22)32-20-17(26)10-30-21(34-20)33-18-7-19(38-11-31-36-37-38)14(6-16(18)25)13-5-15(13)24(27,28)29;1-12(2)5-8(6-13(3,4)19-12)17-10-9(15)7-16-11(14)18-10;12-8-2-6(5-1-7(5)11(13,14)15)10(3-9(8)16)20-4-17-18-19-20/h6-7,10-13,15,35H,5,8-9H2,1-4H3,(H2,30,32,33,34);7-8,19H,5-6H2,1-4H3,(H,16,17,18);2-5,7H,1,16H2/t13-,15+;;5-,7+/m1.1/s1. The molecule has 4 fully saturated rings. The first-order chi connectivity index (χ1) is 35.8. The Labute approximate surface area is 440 Å². The van der Waals surface area contributed by atoms with Crippen LogP contribution in [0.15, 0.2) is 49.3 Å². The van der Waals surface area contributed by atoms with E-state index in [1.807, 2.05) is 0 Å². The van der Waals surface area contributed by atoms with Crippen LogP contribution in [0.3, 0.4) is 0 Å². The number of hydrogen-bond donors (Lipinski definition) is 6. The van der Waals surface area contributed by atoms with Crippen molar-refractivity contribution in [2.24, 2.45) is 11.8 Å². The molecule has 0 radical (unpaired) electrons. The number of halogens is 11. The second-order valence-corrected chi connectivity index (χ2v) is 22.8. The molecular weight excluding hydrogens is 1050 g/mol. The maximum atomic E-state index is 15.1. The Morgan fingerprint density at radius 1 is 0.597 bits per heavy atom. The van der Waals surface area contributed by atoms with E-state index in [0.717, 1.165) is 37.4 Å². The van der Waals surface area contributed by atoms with Crippen LogP contribution >= 0.6 is 11.6 Å². The third kappa shape index (κ3) is 14.1. The Bertz CT molecular complexity index is 3010. The molecule has 0 amide bonds. The summed E-state index contributed by atoms with van der Waals surface area (Å²) in [5.74, 6) is -7.36. The topological polar surface area (TPSA) is 225 Å². The van der Waals surface area contributed by atoms with Crippen LogP contribution in [0, 0.1) is 35.1 Å². The van der Waals surface area contributed by atoms with Crippen molar-refractivity contribution in [1.29, 1.82) is 0 Å². The number of benzene rings is 2. The Morgan fingerprint density at radius 3 is 1.45 bits per heavy atom. The van der Waals surface area contributed by atoms with Gasteiger partial charge in [-0.15, -0.1) is 10.2 Å². The SMILES string of the molecule is CC1(C)CC(Nc2nc(Cl)ncc2F)CC(C)(C)N1.CC1(C)CC(Nc2nc(Nc3cc(-n4cnnn4)c([C@H]4C[C@@H]4C(F)(F)F)cc3F)ncc2F)CC(C)(C)N1.Nc1cc(-n2cnnn2)c([C@H]2C[C@@H]2C(F)(F)F)cc1F. The van der Waals surface area contributed by atoms with Crippen LogP contribution in [0.1, 0.15) is 117 Å². The summed E-state index contributed by atoms with van der Waals surface area (Å²) in [6, 6.07) is 4.67. The minimum Gasteiger partial charge on any atom is -0.396 e. The summed E-state index contributed by atoms with van der Waals surface area (Å²) in [7, 11) is 0. The van der Waals surface area contributed by atoms with E-state index in [-0.39, 0.29) is 104 Å². The van der Waals surface area contributed by atoms with Gasteiger partial charge in [0.25, 0.3) is 0 Å². The highest BCUT2D eigenvalue weighted by molar-refractivity contribution is 6.28. The normalized spacial score (nSPS) is 22.4. The maximum Gasteiger partial charge on any atom is 0.392 e. The molecule has 0 spiro atoms. The average molecular weight is 1110 g/mol. The first kappa shape index (κ1) is 56.6. The van der Waals surface area contributed by atoms with Crippen LogP contribution in [0.4, 0.5) is 72.9 Å². The number of aromatic nitrogens is 12. The van der Waals surface area contributed by atoms with Crippen molar-refractivity contribution in [3.8, 4) is 11.4 Å². The first-order valence-electron chi connectivity index (χ1n) is 24.4. The number of piperidine rings is 2. The lowest BCUT2D eigenvalue weighted by molar-refractivity contribution is -0.149. The minimum absolute atomic E-state index is 0.00722. The van der Waals surface area contributed by atoms with Crippen molar-refractivity contribution in [2.45, 2.75) is 152 Å². The lowest BCUT2D eigenvalue weighted by Crippen LogP contribution is -2.60. The molecule has 4 aliphatic rings. The van der Waals surface area contributed by atoms with Crippen LogP contribution in [-0.2, 0) is 0 Å². The van der Waals surface area contributed by atoms with Gasteiger partial charge in [0.05, 0.1) is 47.0 Å². The molecule has 6 heterocycles. The van der Waals surface area contributed by atoms with Gasteiger partial charge in [0.15, 0.2) is 23.3 Å². The van der Waals surface area contributed by atoms with Gasteiger partial charge in [0, 0.05) is 34.2 Å². The van der Waals surface area contributed by atoms with Crippen molar-refractivity contribution in [2.75, 3.05) is 21.7 Å². The Balaban J connectivity index is 0.000000169. The zero-order valence-corrected chi connectivity index (χ0v) is 43.7. The molecule has 7 N–H and O–H groups in total. The third-order valence-electron chi connectivity index (χ3n) is 13.4. The highest BCUT2D eigenvalue weighted by Crippen LogP contribution is 2.58. The van der Waals surface area contributed by atoms with Gasteiger partial charge >= 0.3 is 12.4 Å². The lowest BCUT2D eigenvalue weighted by Gasteiger charge is -2.46. The maximum absolute atomic E-state index is 15.1. The molecule has 0 bridgehead atoms. The zero-order chi connectivity index (χ0) is 56.2. The summed E-state index contributed by atoms with van der Waals surface area (Å²) in [6.45, 7) is 16.9. The van der Waals surface area contributed by atoms with Gasteiger partial charge in [-0.2, -0.15) is 36.3 Å². The van der Waals surface area contributed by atoms with Gasteiger partial charge in [-0.3, -0.25) is 0 Å². The highest BCUT2D eigenvalue weighted by Gasteiger charge is 2.58. The number of rotatable bonds is 10. The highest BCUT2D eigenvalue weighted by atomic mass is 35.5. The van der Waals surface area contributed by atoms with Crippen LogP contribution in [0.2, 0.25) is 5.28 Å². The van der Waals surface area contributed by atoms with Gasteiger partial charge in [-0.05, 0) is 174 Å². The van der Waals surface area contributed by atoms with Crippen molar-refractivity contribution in [1.82, 2.24) is 71.0 Å². The quantitative estimate of drug-likeness (QED) is 0.0426. The molecule has 29 heteroatoms. The van der Waals surface area contributed by atoms with Crippen molar-refractivity contribution in [3.05, 3.63) is 89.0 Å². The molecule has 2 saturated carbocycles. The van der Waals surface area contributed by atoms with E-state index in [1.54, 1.807) is 0 Å². The fourth-order valence-electron chi connectivity index (χ4n) is 10.9. The summed E-state index contributed by atoms with van der Waals surface area (Å²) < 4.78 is 137. The number of alkyl halides is 6. The largest absolute Gasteiger partial charge is 0.396 e. The molecule has 2 aliphatic carbocycles. The van der Waals surface area contributed by atoms with E-state index in [0.29, 0.717) is 12.8 Å². The monoisotopic (exact) mass is 1110 g/mol. The van der Waals surface area contributed by atoms with E-state index in [9.17, 15) is 39.5 Å². The molecule has 77 heavy (non-hydrogen) atoms. The average Bonchev–Trinajstić information content (AvgIpc) is 4.22. The number of nitrogens with two attached hydrogens (primary N) is 1. The minimum atomic E-state index is -4.39. The molecule has 2 saturated heterocycles. The first-order valence-corrected chi connectivity index (χ1v) is 24.7. The number of tetrazole rings is 2. The van der Waals surface area contributed by atoms with Crippen molar-refractivity contribution >= 4 is 40.6 Å². The molecule has 416 valence electrons. The van der Waals surface area contributed by atoms with Gasteiger partial charge < -0.3 is 32.3 Å². The molecular formula is C48H57ClF10N18. The van der Waals surface area contributed by atoms with Gasteiger partial charge in [-0.1, -0.05) is 0 Å². The van der Waals surface area contributed by atoms with Gasteiger partial charge in [0.2, 0.25) is 11.2 Å². The molecule has 0 unspecified atom stereocenters. The third-order valence-corrected chi connectivity index (χ3v) is 13.6. The van der Waals surface area contributed by atoms with Gasteiger partial charge in [-0.25, -0.2) is 36.9 Å². The summed E-state index contributed by atoms with van der Waals surface area (Å²) in [5, 5.41) is 37.5. The predicted molar refractivity (Wildman–Crippen MR) is 265 cm³/mol. The van der Waals surface area contributed by atoms with Crippen molar-refractivity contribution < 1.29 is 43.9 Å². The number of anilines is 5. The van der Waals surface area contributed by atoms with E-state index in [4.69, 9.17) is 17.3 Å². The fraction of sp³-hybridized carbons (Fsp3) is 0.542. The van der Waals surface area contributed by atoms with E-state index < -0.39 is 59.3 Å². The molecule has 4 atom stereocenters. The molecule has 6 aromatic rings. The molecule has 2 aromatic carbocycles. The van der Waals surface area contributed by atoms with E-state index >= 15 is 4.39 Å². The van der Waals surface area contributed by atoms with Gasteiger partial charge in [0.1, 0.15) is 24.3 Å². The number of nitrogens with zero attached hydrogens (tertiary/aromatic N) is 12. The smallest absolute Gasteiger partial charge is 0.392 e. The Hall–Kier alpha value is -6.55. The van der Waals surface area contributed by atoms with Crippen LogP contribution in [0.25, 0.3) is 11.4 Å². The molecule has 18 nitrogen and oxygen atoms in total. The van der Waals surface area contributed by atoms with E-state index in [2.05, 4.69) is 133 Å². The van der Waals surface area contributed by atoms with Crippen LogP contribution < -0.4 is 32.3 Å². The summed E-state index contributed by atoms with van der Waals surface area (Å²) in [6.07, 6.45) is -1.19. The predicted octanol–water partition coefficient (Wildman–Crippen LogP) is 9.90. The summed E-state index contributed by atoms with van der Waals surface area (Å²) in [5.41, 5.74) is 5.60. The Morgan fingerprint density at radius 2 is 1.03 bits per heavy atom. The van der Waals surface area contributed by atoms with E-state index in [1.165, 1.54) is 34.2 Å². The number of nitrogen functional groups attached to an aromatic ring is 1. The molecule has 10 rings (SSSR count). The molecule has 2 aliphatic heterocycles. The number of nitrogens with one attached hydrogen (secondary N) is 5. The van der Waals surface area contributed by atoms with Crippen LogP contribution in [0.5, 0.6) is 0 Å². The lowest BCUT2D eigenvalue weighted by atomic mass is 9.79. The summed E-state index contributed by atoms with van der Waals surface area (Å²) >= 11 is 5.71. The fourth-order valence-corrected chi connectivity index (χ4v) is 11.1. The second-order valence-electron chi connectivity index (χ2n) is 22.4.